The van der Waals surface area contributed by atoms with E-state index in [0.717, 1.165) is 18.7 Å². The Labute approximate surface area is 102 Å². The molecule has 2 rings (SSSR count). The van der Waals surface area contributed by atoms with Crippen molar-refractivity contribution in [2.24, 2.45) is 0 Å². The molecule has 94 valence electrons. The van der Waals surface area contributed by atoms with Crippen LogP contribution < -0.4 is 5.32 Å². The zero-order valence-electron chi connectivity index (χ0n) is 10.2. The van der Waals surface area contributed by atoms with Crippen LogP contribution in [-0.4, -0.2) is 41.5 Å². The van der Waals surface area contributed by atoms with Crippen molar-refractivity contribution in [1.29, 1.82) is 0 Å². The monoisotopic (exact) mass is 236 g/mol. The van der Waals surface area contributed by atoms with Crippen molar-refractivity contribution in [3.63, 3.8) is 0 Å². The van der Waals surface area contributed by atoms with E-state index in [1.165, 1.54) is 0 Å². The summed E-state index contributed by atoms with van der Waals surface area (Å²) in [6.45, 7) is 3.99. The Hall–Kier alpha value is -0.970. The van der Waals surface area contributed by atoms with Gasteiger partial charge in [0, 0.05) is 44.4 Å². The average molecular weight is 236 g/mol. The van der Waals surface area contributed by atoms with Crippen molar-refractivity contribution in [2.45, 2.75) is 31.5 Å². The molecule has 4 heteroatoms. The molecule has 0 radical (unpaired) electrons. The van der Waals surface area contributed by atoms with Crippen LogP contribution in [0, 0.1) is 0 Å². The van der Waals surface area contributed by atoms with Gasteiger partial charge in [0.15, 0.2) is 0 Å². The first-order chi connectivity index (χ1) is 8.21. The highest BCUT2D eigenvalue weighted by Gasteiger charge is 2.38. The van der Waals surface area contributed by atoms with Gasteiger partial charge in [-0.1, -0.05) is 6.07 Å². The number of aliphatic hydroxyl groups is 1. The highest BCUT2D eigenvalue weighted by atomic mass is 16.5. The van der Waals surface area contributed by atoms with Crippen LogP contribution in [0.5, 0.6) is 0 Å². The molecular weight excluding hydrogens is 216 g/mol. The first-order valence-electron chi connectivity index (χ1n) is 6.15. The Bertz CT molecular complexity index is 345. The predicted octanol–water partition coefficient (Wildman–Crippen LogP) is 0.754. The maximum atomic E-state index is 10.3. The molecule has 0 spiro atoms. The molecule has 2 heterocycles. The zero-order chi connectivity index (χ0) is 12.1. The van der Waals surface area contributed by atoms with Crippen LogP contribution in [0.3, 0.4) is 0 Å². The van der Waals surface area contributed by atoms with Gasteiger partial charge in [-0.3, -0.25) is 4.98 Å². The maximum absolute atomic E-state index is 10.3. The lowest BCUT2D eigenvalue weighted by molar-refractivity contribution is -0.0259. The molecule has 2 unspecified atom stereocenters. The van der Waals surface area contributed by atoms with E-state index in [1.807, 2.05) is 25.1 Å². The summed E-state index contributed by atoms with van der Waals surface area (Å²) in [4.78, 5) is 4.25. The van der Waals surface area contributed by atoms with Crippen molar-refractivity contribution in [3.05, 3.63) is 30.1 Å². The predicted molar refractivity (Wildman–Crippen MR) is 65.8 cm³/mol. The minimum absolute atomic E-state index is 0.0788. The third-order valence-corrected chi connectivity index (χ3v) is 3.37. The van der Waals surface area contributed by atoms with E-state index in [0.29, 0.717) is 19.6 Å². The van der Waals surface area contributed by atoms with Crippen LogP contribution >= 0.6 is 0 Å². The third kappa shape index (κ3) is 3.25. The van der Waals surface area contributed by atoms with Gasteiger partial charge in [-0.25, -0.2) is 0 Å². The summed E-state index contributed by atoms with van der Waals surface area (Å²) in [5, 5.41) is 13.5. The molecule has 1 fully saturated rings. The number of pyridine rings is 1. The van der Waals surface area contributed by atoms with Crippen molar-refractivity contribution in [3.8, 4) is 0 Å². The topological polar surface area (TPSA) is 54.4 Å². The Morgan fingerprint density at radius 1 is 1.59 bits per heavy atom. The SMILES string of the molecule is CC1OCCC1(O)CNCCc1ccccn1. The molecule has 2 atom stereocenters. The van der Waals surface area contributed by atoms with Crippen LogP contribution in [0.25, 0.3) is 0 Å². The molecule has 4 nitrogen and oxygen atoms in total. The summed E-state index contributed by atoms with van der Waals surface area (Å²) >= 11 is 0. The summed E-state index contributed by atoms with van der Waals surface area (Å²) in [6.07, 6.45) is 3.32. The second-order valence-corrected chi connectivity index (χ2v) is 4.61. The standard InChI is InChI=1S/C13H20N2O2/c1-11-13(16,6-9-17-11)10-14-8-5-12-4-2-3-7-15-12/h2-4,7,11,14,16H,5-6,8-10H2,1H3. The van der Waals surface area contributed by atoms with Crippen LogP contribution in [0.2, 0.25) is 0 Å². The van der Waals surface area contributed by atoms with E-state index in [9.17, 15) is 5.11 Å². The molecule has 1 aromatic rings. The van der Waals surface area contributed by atoms with Crippen molar-refractivity contribution in [1.82, 2.24) is 10.3 Å². The zero-order valence-corrected chi connectivity index (χ0v) is 10.2. The minimum atomic E-state index is -0.704. The molecule has 1 aliphatic heterocycles. The van der Waals surface area contributed by atoms with Gasteiger partial charge in [0.05, 0.1) is 6.10 Å². The molecule has 1 aromatic heterocycles. The van der Waals surface area contributed by atoms with Gasteiger partial charge in [-0.15, -0.1) is 0 Å². The van der Waals surface area contributed by atoms with Gasteiger partial charge in [0.25, 0.3) is 0 Å². The fourth-order valence-corrected chi connectivity index (χ4v) is 2.07. The number of hydrogen-bond donors (Lipinski definition) is 2. The number of ether oxygens (including phenoxy) is 1. The van der Waals surface area contributed by atoms with Gasteiger partial charge in [0.2, 0.25) is 0 Å². The lowest BCUT2D eigenvalue weighted by atomic mass is 9.97. The van der Waals surface area contributed by atoms with E-state index >= 15 is 0 Å². The molecule has 0 bridgehead atoms. The molecule has 17 heavy (non-hydrogen) atoms. The Morgan fingerprint density at radius 3 is 3.12 bits per heavy atom. The van der Waals surface area contributed by atoms with E-state index in [2.05, 4.69) is 10.3 Å². The fraction of sp³-hybridized carbons (Fsp3) is 0.615. The quantitative estimate of drug-likeness (QED) is 0.741. The van der Waals surface area contributed by atoms with Gasteiger partial charge in [0.1, 0.15) is 5.60 Å². The number of nitrogens with one attached hydrogen (secondary N) is 1. The molecule has 1 saturated heterocycles. The van der Waals surface area contributed by atoms with E-state index in [-0.39, 0.29) is 6.10 Å². The summed E-state index contributed by atoms with van der Waals surface area (Å²) in [7, 11) is 0. The summed E-state index contributed by atoms with van der Waals surface area (Å²) < 4.78 is 5.38. The molecule has 0 aromatic carbocycles. The van der Waals surface area contributed by atoms with Gasteiger partial charge in [-0.05, 0) is 19.1 Å². The lowest BCUT2D eigenvalue weighted by Gasteiger charge is -2.26. The molecular formula is C13H20N2O2. The van der Waals surface area contributed by atoms with Crippen molar-refractivity contribution >= 4 is 0 Å². The van der Waals surface area contributed by atoms with Crippen LogP contribution in [0.15, 0.2) is 24.4 Å². The van der Waals surface area contributed by atoms with Crippen LogP contribution in [-0.2, 0) is 11.2 Å². The number of hydrogen-bond acceptors (Lipinski definition) is 4. The van der Waals surface area contributed by atoms with Crippen molar-refractivity contribution < 1.29 is 9.84 Å². The normalized spacial score (nSPS) is 28.5. The second-order valence-electron chi connectivity index (χ2n) is 4.61. The molecule has 1 aliphatic rings. The van der Waals surface area contributed by atoms with E-state index in [4.69, 9.17) is 4.74 Å². The van der Waals surface area contributed by atoms with Crippen LogP contribution in [0.4, 0.5) is 0 Å². The van der Waals surface area contributed by atoms with Gasteiger partial charge < -0.3 is 15.2 Å². The Kier molecular flexibility index (Phi) is 4.10. The number of aromatic nitrogens is 1. The van der Waals surface area contributed by atoms with Crippen molar-refractivity contribution in [2.75, 3.05) is 19.7 Å². The smallest absolute Gasteiger partial charge is 0.105 e. The largest absolute Gasteiger partial charge is 0.386 e. The summed E-state index contributed by atoms with van der Waals surface area (Å²) in [5.41, 5.74) is 0.368. The molecule has 0 aliphatic carbocycles. The number of nitrogens with zero attached hydrogens (tertiary/aromatic N) is 1. The summed E-state index contributed by atoms with van der Waals surface area (Å²) in [5.74, 6) is 0. The van der Waals surface area contributed by atoms with E-state index < -0.39 is 5.60 Å². The Balaban J connectivity index is 1.70. The first kappa shape index (κ1) is 12.5. The first-order valence-corrected chi connectivity index (χ1v) is 6.15. The summed E-state index contributed by atoms with van der Waals surface area (Å²) in [6, 6.07) is 5.91. The van der Waals surface area contributed by atoms with E-state index in [1.54, 1.807) is 6.20 Å². The Morgan fingerprint density at radius 2 is 2.47 bits per heavy atom. The third-order valence-electron chi connectivity index (χ3n) is 3.37. The minimum Gasteiger partial charge on any atom is -0.386 e. The lowest BCUT2D eigenvalue weighted by Crippen LogP contribution is -2.46. The maximum Gasteiger partial charge on any atom is 0.105 e. The molecule has 0 saturated carbocycles. The van der Waals surface area contributed by atoms with Gasteiger partial charge >= 0.3 is 0 Å². The highest BCUT2D eigenvalue weighted by molar-refractivity contribution is 5.03. The average Bonchev–Trinajstić information content (AvgIpc) is 2.67. The fourth-order valence-electron chi connectivity index (χ4n) is 2.07. The molecule has 2 N–H and O–H groups in total. The molecule has 0 amide bonds. The second kappa shape index (κ2) is 5.58. The number of rotatable bonds is 5. The highest BCUT2D eigenvalue weighted by Crippen LogP contribution is 2.24. The van der Waals surface area contributed by atoms with Gasteiger partial charge in [-0.2, -0.15) is 0 Å². The van der Waals surface area contributed by atoms with Crippen LogP contribution in [0.1, 0.15) is 19.0 Å².